The third-order valence-electron chi connectivity index (χ3n) is 2.66. The molecule has 0 aliphatic carbocycles. The van der Waals surface area contributed by atoms with Crippen LogP contribution in [0.2, 0.25) is 18.1 Å². The normalized spacial score (nSPS) is 13.2. The van der Waals surface area contributed by atoms with Gasteiger partial charge in [-0.2, -0.15) is 0 Å². The summed E-state index contributed by atoms with van der Waals surface area (Å²) in [4.78, 5) is 0. The van der Waals surface area contributed by atoms with E-state index in [9.17, 15) is 0 Å². The highest BCUT2D eigenvalue weighted by molar-refractivity contribution is 7.40. The van der Waals surface area contributed by atoms with Crippen LogP contribution in [0.4, 0.5) is 0 Å². The molecule has 0 amide bonds. The van der Waals surface area contributed by atoms with E-state index in [1.54, 1.807) is 0 Å². The number of hydrogen-bond donors (Lipinski definition) is 0. The Labute approximate surface area is 103 Å². The van der Waals surface area contributed by atoms with Crippen LogP contribution in [0.25, 0.3) is 0 Å². The summed E-state index contributed by atoms with van der Waals surface area (Å²) < 4.78 is 0. The lowest BCUT2D eigenvalue weighted by Gasteiger charge is -2.35. The average molecular weight is 256 g/mol. The molecule has 3 heteroatoms. The highest BCUT2D eigenvalue weighted by atomic mass is 29.5. The Hall–Kier alpha value is 0.651. The van der Waals surface area contributed by atoms with Gasteiger partial charge >= 0.3 is 0 Å². The molecule has 0 atom stereocenters. The Morgan fingerprint density at radius 2 is 1.07 bits per heavy atom. The number of hydrogen-bond acceptors (Lipinski definition) is 0. The fourth-order valence-corrected chi connectivity index (χ4v) is 15.6. The molecule has 0 rings (SSSR count). The van der Waals surface area contributed by atoms with Gasteiger partial charge in [-0.05, 0) is 17.8 Å². The second kappa shape index (κ2) is 7.07. The van der Waals surface area contributed by atoms with Crippen molar-refractivity contribution in [3.63, 3.8) is 0 Å². The van der Waals surface area contributed by atoms with E-state index in [1.807, 2.05) is 0 Å². The van der Waals surface area contributed by atoms with Crippen molar-refractivity contribution in [3.05, 3.63) is 0 Å². The topological polar surface area (TPSA) is 0 Å². The minimum atomic E-state index is -1.02. The smallest absolute Gasteiger partial charge is 0.0388 e. The molecule has 0 heterocycles. The molecule has 0 aromatic carbocycles. The molecule has 0 spiro atoms. The van der Waals surface area contributed by atoms with Gasteiger partial charge in [0.1, 0.15) is 0 Å². The SMILES string of the molecule is CC(C)C[Si](CC(C)C)(CC(C)C)[Si][Si]. The minimum absolute atomic E-state index is 0.873. The van der Waals surface area contributed by atoms with Crippen LogP contribution in [0.3, 0.4) is 0 Å². The lowest BCUT2D eigenvalue weighted by molar-refractivity contribution is 0.654. The fraction of sp³-hybridized carbons (Fsp3) is 1.00. The minimum Gasteiger partial charge on any atom is -0.0631 e. The van der Waals surface area contributed by atoms with E-state index >= 15 is 0 Å². The lowest BCUT2D eigenvalue weighted by Crippen LogP contribution is -2.45. The van der Waals surface area contributed by atoms with Crippen LogP contribution < -0.4 is 0 Å². The lowest BCUT2D eigenvalue weighted by atomic mass is 10.3. The molecule has 0 N–H and O–H groups in total. The maximum Gasteiger partial charge on any atom is 0.0388 e. The van der Waals surface area contributed by atoms with Crippen LogP contribution in [0.15, 0.2) is 0 Å². The summed E-state index contributed by atoms with van der Waals surface area (Å²) in [6.07, 6.45) is 0. The molecule has 0 aliphatic heterocycles. The quantitative estimate of drug-likeness (QED) is 0.609. The van der Waals surface area contributed by atoms with E-state index in [-0.39, 0.29) is 0 Å². The Bertz CT molecular complexity index is 138. The predicted molar refractivity (Wildman–Crippen MR) is 76.2 cm³/mol. The predicted octanol–water partition coefficient (Wildman–Crippen LogP) is 3.69. The van der Waals surface area contributed by atoms with E-state index in [2.05, 4.69) is 51.3 Å². The standard InChI is InChI=1S/C12H27Si3/c1-10(2)7-15(14-13,8-11(3)4)9-12(5)6/h10-12H,7-9H2,1-6H3. The highest BCUT2D eigenvalue weighted by Gasteiger charge is 2.32. The van der Waals surface area contributed by atoms with E-state index < -0.39 is 7.59 Å². The molecular weight excluding hydrogens is 228 g/mol. The first kappa shape index (κ1) is 15.7. The van der Waals surface area contributed by atoms with Crippen LogP contribution in [0, 0.1) is 17.8 Å². The van der Waals surface area contributed by atoms with Gasteiger partial charge in [0, 0.05) is 25.9 Å². The van der Waals surface area contributed by atoms with Gasteiger partial charge in [0.05, 0.1) is 0 Å². The third-order valence-corrected chi connectivity index (χ3v) is 16.2. The fourth-order valence-electron chi connectivity index (χ4n) is 2.75. The summed E-state index contributed by atoms with van der Waals surface area (Å²) in [7, 11) is 3.92. The second-order valence-electron chi connectivity index (χ2n) is 6.20. The van der Waals surface area contributed by atoms with Crippen LogP contribution in [-0.4, -0.2) is 25.9 Å². The molecule has 0 fully saturated rings. The van der Waals surface area contributed by atoms with Crippen molar-refractivity contribution in [3.8, 4) is 0 Å². The van der Waals surface area contributed by atoms with Gasteiger partial charge < -0.3 is 0 Å². The van der Waals surface area contributed by atoms with Gasteiger partial charge in [-0.3, -0.25) is 0 Å². The molecule has 0 aromatic rings. The van der Waals surface area contributed by atoms with E-state index in [0.717, 1.165) is 26.3 Å². The van der Waals surface area contributed by atoms with Gasteiger partial charge in [-0.1, -0.05) is 59.7 Å². The molecule has 87 valence electrons. The molecule has 0 aliphatic rings. The van der Waals surface area contributed by atoms with Crippen LogP contribution in [-0.2, 0) is 0 Å². The Balaban J connectivity index is 4.59. The van der Waals surface area contributed by atoms with Crippen molar-refractivity contribution in [2.75, 3.05) is 0 Å². The molecule has 0 saturated carbocycles. The first-order chi connectivity index (χ1) is 6.81. The Morgan fingerprint density at radius 1 is 0.800 bits per heavy atom. The van der Waals surface area contributed by atoms with Gasteiger partial charge in [0.15, 0.2) is 0 Å². The van der Waals surface area contributed by atoms with Crippen LogP contribution in [0.1, 0.15) is 41.5 Å². The van der Waals surface area contributed by atoms with Crippen LogP contribution >= 0.6 is 0 Å². The maximum absolute atomic E-state index is 3.90. The van der Waals surface area contributed by atoms with Gasteiger partial charge in [-0.15, -0.1) is 0 Å². The molecule has 0 aromatic heterocycles. The van der Waals surface area contributed by atoms with Crippen molar-refractivity contribution in [2.24, 2.45) is 17.8 Å². The zero-order chi connectivity index (χ0) is 12.1. The molecule has 0 unspecified atom stereocenters. The largest absolute Gasteiger partial charge is 0.0631 e. The highest BCUT2D eigenvalue weighted by Crippen LogP contribution is 2.30. The van der Waals surface area contributed by atoms with Gasteiger partial charge in [0.2, 0.25) is 0 Å². The molecule has 0 saturated heterocycles. The number of rotatable bonds is 7. The maximum atomic E-state index is 3.90. The summed E-state index contributed by atoms with van der Waals surface area (Å²) in [5.41, 5.74) is 0. The van der Waals surface area contributed by atoms with Crippen LogP contribution in [0.5, 0.6) is 0 Å². The van der Waals surface area contributed by atoms with Gasteiger partial charge in [0.25, 0.3) is 0 Å². The first-order valence-electron chi connectivity index (χ1n) is 6.25. The monoisotopic (exact) mass is 255 g/mol. The summed E-state index contributed by atoms with van der Waals surface area (Å²) in [5.74, 6) is 2.62. The third kappa shape index (κ3) is 6.74. The summed E-state index contributed by atoms with van der Waals surface area (Å²) >= 11 is 0. The second-order valence-corrected chi connectivity index (χ2v) is 16.4. The van der Waals surface area contributed by atoms with Gasteiger partial charge in [-0.25, -0.2) is 0 Å². The first-order valence-corrected chi connectivity index (χ1v) is 12.4. The van der Waals surface area contributed by atoms with E-state index in [4.69, 9.17) is 0 Å². The Kier molecular flexibility index (Phi) is 7.38. The van der Waals surface area contributed by atoms with E-state index in [0.29, 0.717) is 0 Å². The molecule has 0 bridgehead atoms. The zero-order valence-corrected chi connectivity index (χ0v) is 14.4. The summed E-state index contributed by atoms with van der Waals surface area (Å²) in [6.45, 7) is 14.3. The molecular formula is C12H27Si3. The molecule has 0 nitrogen and oxygen atoms in total. The van der Waals surface area contributed by atoms with Crippen molar-refractivity contribution >= 4 is 25.9 Å². The Morgan fingerprint density at radius 3 is 1.20 bits per heavy atom. The molecule has 5 radical (unpaired) electrons. The molecule has 15 heavy (non-hydrogen) atoms. The average Bonchev–Trinajstić information content (AvgIpc) is 1.99. The van der Waals surface area contributed by atoms with Crippen molar-refractivity contribution in [1.82, 2.24) is 0 Å². The summed E-state index contributed by atoms with van der Waals surface area (Å²) in [5, 5.41) is 0. The zero-order valence-electron chi connectivity index (χ0n) is 11.4. The van der Waals surface area contributed by atoms with Crippen molar-refractivity contribution in [1.29, 1.82) is 0 Å². The summed E-state index contributed by atoms with van der Waals surface area (Å²) in [6, 6.07) is 4.52. The van der Waals surface area contributed by atoms with Crippen molar-refractivity contribution < 1.29 is 0 Å². The van der Waals surface area contributed by atoms with Crippen molar-refractivity contribution in [2.45, 2.75) is 59.7 Å². The van der Waals surface area contributed by atoms with E-state index in [1.165, 1.54) is 18.1 Å².